The van der Waals surface area contributed by atoms with Crippen molar-refractivity contribution in [1.29, 1.82) is 0 Å². The first-order valence-electron chi connectivity index (χ1n) is 5.35. The quantitative estimate of drug-likeness (QED) is 0.730. The van der Waals surface area contributed by atoms with Crippen molar-refractivity contribution in [2.24, 2.45) is 11.5 Å². The Balaban J connectivity index is 2.08. The molecule has 1 aliphatic carbocycles. The highest BCUT2D eigenvalue weighted by molar-refractivity contribution is 7.99. The van der Waals surface area contributed by atoms with E-state index in [9.17, 15) is 0 Å². The molecule has 1 unspecified atom stereocenters. The summed E-state index contributed by atoms with van der Waals surface area (Å²) < 4.78 is 0. The minimum atomic E-state index is 0.389. The minimum absolute atomic E-state index is 0.389. The zero-order chi connectivity index (χ0) is 9.68. The van der Waals surface area contributed by atoms with Gasteiger partial charge in [0.05, 0.1) is 0 Å². The molecule has 0 heterocycles. The minimum Gasteiger partial charge on any atom is -0.328 e. The van der Waals surface area contributed by atoms with Gasteiger partial charge in [0, 0.05) is 23.1 Å². The van der Waals surface area contributed by atoms with Gasteiger partial charge in [-0.2, -0.15) is 11.8 Å². The van der Waals surface area contributed by atoms with Crippen molar-refractivity contribution in [3.63, 3.8) is 0 Å². The molecule has 0 bridgehead atoms. The molecular formula is C10H22N2S. The maximum atomic E-state index is 5.87. The standard InChI is InChI=1S/C10H22N2S/c1-2-8(11)7-13-10-5-3-9(12)4-6-10/h8-10H,2-7,11-12H2,1H3. The van der Waals surface area contributed by atoms with Gasteiger partial charge in [0.2, 0.25) is 0 Å². The zero-order valence-electron chi connectivity index (χ0n) is 8.54. The lowest BCUT2D eigenvalue weighted by Gasteiger charge is -2.26. The molecule has 1 atom stereocenters. The highest BCUT2D eigenvalue weighted by Gasteiger charge is 2.18. The average molecular weight is 202 g/mol. The molecule has 0 saturated heterocycles. The van der Waals surface area contributed by atoms with E-state index in [0.717, 1.165) is 17.4 Å². The van der Waals surface area contributed by atoms with Gasteiger partial charge in [0.25, 0.3) is 0 Å². The highest BCUT2D eigenvalue weighted by atomic mass is 32.2. The summed E-state index contributed by atoms with van der Waals surface area (Å²) in [5.41, 5.74) is 11.7. The third-order valence-electron chi connectivity index (χ3n) is 2.79. The van der Waals surface area contributed by atoms with Crippen molar-refractivity contribution >= 4 is 11.8 Å². The summed E-state index contributed by atoms with van der Waals surface area (Å²) in [6.07, 6.45) is 6.10. The highest BCUT2D eigenvalue weighted by Crippen LogP contribution is 2.28. The molecule has 0 aliphatic heterocycles. The van der Waals surface area contributed by atoms with Crippen LogP contribution in [0.4, 0.5) is 0 Å². The first-order valence-corrected chi connectivity index (χ1v) is 6.40. The fraction of sp³-hybridized carbons (Fsp3) is 1.00. The van der Waals surface area contributed by atoms with Crippen LogP contribution >= 0.6 is 11.8 Å². The van der Waals surface area contributed by atoms with E-state index in [2.05, 4.69) is 18.7 Å². The maximum Gasteiger partial charge on any atom is 0.0127 e. The van der Waals surface area contributed by atoms with E-state index in [0.29, 0.717) is 12.1 Å². The molecule has 78 valence electrons. The second-order valence-electron chi connectivity index (χ2n) is 4.04. The molecule has 1 fully saturated rings. The van der Waals surface area contributed by atoms with Crippen LogP contribution in [0.5, 0.6) is 0 Å². The van der Waals surface area contributed by atoms with Crippen molar-refractivity contribution in [1.82, 2.24) is 0 Å². The summed E-state index contributed by atoms with van der Waals surface area (Å²) in [5, 5.41) is 0.831. The van der Waals surface area contributed by atoms with E-state index in [1.807, 2.05) is 0 Å². The summed E-state index contributed by atoms with van der Waals surface area (Å²) in [4.78, 5) is 0. The molecule has 2 nitrogen and oxygen atoms in total. The Morgan fingerprint density at radius 2 is 1.92 bits per heavy atom. The fourth-order valence-corrected chi connectivity index (χ4v) is 2.99. The third-order valence-corrected chi connectivity index (χ3v) is 4.35. The van der Waals surface area contributed by atoms with Gasteiger partial charge in [0.1, 0.15) is 0 Å². The predicted octanol–water partition coefficient (Wildman–Crippen LogP) is 1.73. The molecule has 0 aromatic heterocycles. The zero-order valence-corrected chi connectivity index (χ0v) is 9.35. The van der Waals surface area contributed by atoms with Crippen LogP contribution in [0.2, 0.25) is 0 Å². The Kier molecular flexibility index (Phi) is 5.14. The molecule has 1 rings (SSSR count). The second kappa shape index (κ2) is 5.89. The van der Waals surface area contributed by atoms with Crippen molar-refractivity contribution in [3.8, 4) is 0 Å². The van der Waals surface area contributed by atoms with Crippen LogP contribution in [0.1, 0.15) is 39.0 Å². The molecule has 0 spiro atoms. The summed E-state index contributed by atoms with van der Waals surface area (Å²) in [6.45, 7) is 2.15. The van der Waals surface area contributed by atoms with Crippen LogP contribution in [0, 0.1) is 0 Å². The predicted molar refractivity (Wildman–Crippen MR) is 61.0 cm³/mol. The number of thioether (sulfide) groups is 1. The van der Waals surface area contributed by atoms with Crippen LogP contribution in [0.25, 0.3) is 0 Å². The molecule has 0 amide bonds. The van der Waals surface area contributed by atoms with Gasteiger partial charge in [-0.05, 0) is 32.1 Å². The van der Waals surface area contributed by atoms with Gasteiger partial charge in [-0.15, -0.1) is 0 Å². The van der Waals surface area contributed by atoms with E-state index in [1.54, 1.807) is 0 Å². The molecule has 0 aromatic carbocycles. The lowest BCUT2D eigenvalue weighted by molar-refractivity contribution is 0.450. The van der Waals surface area contributed by atoms with Gasteiger partial charge < -0.3 is 11.5 Å². The third kappa shape index (κ3) is 4.34. The van der Waals surface area contributed by atoms with Gasteiger partial charge >= 0.3 is 0 Å². The van der Waals surface area contributed by atoms with Gasteiger partial charge in [-0.1, -0.05) is 6.92 Å². The van der Waals surface area contributed by atoms with Gasteiger partial charge in [0.15, 0.2) is 0 Å². The van der Waals surface area contributed by atoms with Crippen LogP contribution in [-0.2, 0) is 0 Å². The van der Waals surface area contributed by atoms with Crippen molar-refractivity contribution in [2.75, 3.05) is 5.75 Å². The Labute approximate surface area is 85.8 Å². The van der Waals surface area contributed by atoms with Crippen LogP contribution < -0.4 is 11.5 Å². The van der Waals surface area contributed by atoms with E-state index >= 15 is 0 Å². The average Bonchev–Trinajstić information content (AvgIpc) is 2.16. The second-order valence-corrected chi connectivity index (χ2v) is 5.37. The Hall–Kier alpha value is 0.270. The van der Waals surface area contributed by atoms with E-state index in [4.69, 9.17) is 11.5 Å². The molecule has 0 radical (unpaired) electrons. The SMILES string of the molecule is CCC(N)CSC1CCC(N)CC1. The Bertz CT molecular complexity index is 133. The van der Waals surface area contributed by atoms with Crippen molar-refractivity contribution in [2.45, 2.75) is 56.4 Å². The summed E-state index contributed by atoms with van der Waals surface area (Å²) >= 11 is 2.05. The summed E-state index contributed by atoms with van der Waals surface area (Å²) in [7, 11) is 0. The largest absolute Gasteiger partial charge is 0.328 e. The topological polar surface area (TPSA) is 52.0 Å². The summed E-state index contributed by atoms with van der Waals surface area (Å²) in [5.74, 6) is 1.12. The normalized spacial score (nSPS) is 31.6. The first-order chi connectivity index (χ1) is 6.22. The maximum absolute atomic E-state index is 5.87. The lowest BCUT2D eigenvalue weighted by atomic mass is 9.96. The molecule has 3 heteroatoms. The number of hydrogen-bond acceptors (Lipinski definition) is 3. The van der Waals surface area contributed by atoms with Crippen LogP contribution in [0.3, 0.4) is 0 Å². The Morgan fingerprint density at radius 1 is 1.31 bits per heavy atom. The van der Waals surface area contributed by atoms with Gasteiger partial charge in [-0.25, -0.2) is 0 Å². The Morgan fingerprint density at radius 3 is 2.46 bits per heavy atom. The smallest absolute Gasteiger partial charge is 0.0127 e. The molecule has 13 heavy (non-hydrogen) atoms. The fourth-order valence-electron chi connectivity index (χ4n) is 1.63. The number of rotatable bonds is 4. The first kappa shape index (κ1) is 11.3. The van der Waals surface area contributed by atoms with Gasteiger partial charge in [-0.3, -0.25) is 0 Å². The number of hydrogen-bond donors (Lipinski definition) is 2. The lowest BCUT2D eigenvalue weighted by Crippen LogP contribution is -2.29. The van der Waals surface area contributed by atoms with E-state index in [1.165, 1.54) is 25.7 Å². The molecule has 1 saturated carbocycles. The van der Waals surface area contributed by atoms with Crippen molar-refractivity contribution < 1.29 is 0 Å². The van der Waals surface area contributed by atoms with Crippen molar-refractivity contribution in [3.05, 3.63) is 0 Å². The molecule has 1 aliphatic rings. The molecular weight excluding hydrogens is 180 g/mol. The summed E-state index contributed by atoms with van der Waals surface area (Å²) in [6, 6.07) is 0.859. The van der Waals surface area contributed by atoms with E-state index in [-0.39, 0.29) is 0 Å². The molecule has 4 N–H and O–H groups in total. The molecule has 0 aromatic rings. The monoisotopic (exact) mass is 202 g/mol. The number of nitrogens with two attached hydrogens (primary N) is 2. The van der Waals surface area contributed by atoms with Crippen LogP contribution in [0.15, 0.2) is 0 Å². The van der Waals surface area contributed by atoms with E-state index < -0.39 is 0 Å². The van der Waals surface area contributed by atoms with Crippen LogP contribution in [-0.4, -0.2) is 23.1 Å².